The molecule has 0 saturated heterocycles. The predicted molar refractivity (Wildman–Crippen MR) is 93.2 cm³/mol. The summed E-state index contributed by atoms with van der Waals surface area (Å²) in [5.74, 6) is 0.721. The lowest BCUT2D eigenvalue weighted by atomic mass is 9.99. The van der Waals surface area contributed by atoms with Gasteiger partial charge in [0.15, 0.2) is 10.9 Å². The number of benzene rings is 1. The number of nitrogens with one attached hydrogen (secondary N) is 1. The Bertz CT molecular complexity index is 877. The van der Waals surface area contributed by atoms with E-state index in [0.29, 0.717) is 16.7 Å². The van der Waals surface area contributed by atoms with Gasteiger partial charge < -0.3 is 4.42 Å². The molecule has 0 spiro atoms. The fraction of sp³-hybridized carbons (Fsp3) is 0.222. The number of rotatable bonds is 3. The molecule has 0 atom stereocenters. The molecule has 0 radical (unpaired) electrons. The molecule has 1 amide bonds. The van der Waals surface area contributed by atoms with Crippen molar-refractivity contribution in [3.63, 3.8) is 0 Å². The molecule has 1 N–H and O–H groups in total. The minimum absolute atomic E-state index is 0.282. The fourth-order valence-electron chi connectivity index (χ4n) is 2.41. The molecule has 4 nitrogen and oxygen atoms in total. The van der Waals surface area contributed by atoms with Crippen molar-refractivity contribution in [1.29, 1.82) is 0 Å². The number of carbonyl (C=O) groups is 1. The van der Waals surface area contributed by atoms with Gasteiger partial charge in [0.25, 0.3) is 5.91 Å². The van der Waals surface area contributed by atoms with Gasteiger partial charge in [-0.15, -0.1) is 11.3 Å². The molecule has 2 heterocycles. The van der Waals surface area contributed by atoms with Gasteiger partial charge in [0.2, 0.25) is 0 Å². The Hall–Kier alpha value is -2.40. The van der Waals surface area contributed by atoms with E-state index in [2.05, 4.69) is 43.2 Å². The quantitative estimate of drug-likeness (QED) is 0.745. The van der Waals surface area contributed by atoms with E-state index in [-0.39, 0.29) is 5.91 Å². The first-order chi connectivity index (χ1) is 10.9. The highest BCUT2D eigenvalue weighted by molar-refractivity contribution is 7.14. The average molecular weight is 326 g/mol. The van der Waals surface area contributed by atoms with Crippen LogP contribution in [0.2, 0.25) is 0 Å². The maximum absolute atomic E-state index is 12.1. The molecule has 0 unspecified atom stereocenters. The van der Waals surface area contributed by atoms with Crippen LogP contribution >= 0.6 is 11.3 Å². The highest BCUT2D eigenvalue weighted by Gasteiger charge is 2.14. The van der Waals surface area contributed by atoms with Crippen LogP contribution in [0, 0.1) is 27.7 Å². The Labute approximate surface area is 139 Å². The first-order valence-electron chi connectivity index (χ1n) is 7.35. The van der Waals surface area contributed by atoms with Gasteiger partial charge in [0.1, 0.15) is 5.76 Å². The lowest BCUT2D eigenvalue weighted by Gasteiger charge is -2.07. The van der Waals surface area contributed by atoms with Crippen molar-refractivity contribution in [1.82, 2.24) is 4.98 Å². The van der Waals surface area contributed by atoms with Crippen molar-refractivity contribution in [2.75, 3.05) is 5.32 Å². The molecule has 118 valence electrons. The van der Waals surface area contributed by atoms with Crippen LogP contribution in [0.3, 0.4) is 0 Å². The Balaban J connectivity index is 1.83. The normalized spacial score (nSPS) is 10.8. The molecule has 0 aliphatic rings. The summed E-state index contributed by atoms with van der Waals surface area (Å²) in [5, 5.41) is 5.31. The van der Waals surface area contributed by atoms with Crippen LogP contribution in [0.15, 0.2) is 34.1 Å². The highest BCUT2D eigenvalue weighted by Crippen LogP contribution is 2.29. The Morgan fingerprint density at radius 3 is 2.52 bits per heavy atom. The van der Waals surface area contributed by atoms with Gasteiger partial charge in [0, 0.05) is 10.9 Å². The van der Waals surface area contributed by atoms with Crippen LogP contribution in [0.5, 0.6) is 0 Å². The van der Waals surface area contributed by atoms with E-state index in [1.807, 2.05) is 5.38 Å². The second kappa shape index (κ2) is 6.01. The monoisotopic (exact) mass is 326 g/mol. The summed E-state index contributed by atoms with van der Waals surface area (Å²) >= 11 is 1.41. The first-order valence-corrected chi connectivity index (χ1v) is 8.23. The van der Waals surface area contributed by atoms with E-state index in [1.54, 1.807) is 19.1 Å². The molecule has 0 aliphatic heterocycles. The molecule has 0 aliphatic carbocycles. The molecular formula is C18H18N2O2S. The van der Waals surface area contributed by atoms with E-state index < -0.39 is 0 Å². The second-order valence-corrected chi connectivity index (χ2v) is 6.51. The number of thiazole rings is 1. The summed E-state index contributed by atoms with van der Waals surface area (Å²) in [7, 11) is 0. The fourth-order valence-corrected chi connectivity index (χ4v) is 3.11. The third kappa shape index (κ3) is 3.19. The number of aromatic nitrogens is 1. The van der Waals surface area contributed by atoms with Crippen molar-refractivity contribution in [2.45, 2.75) is 27.7 Å². The number of nitrogens with zero attached hydrogens (tertiary/aromatic N) is 1. The van der Waals surface area contributed by atoms with Gasteiger partial charge in [0.05, 0.1) is 5.69 Å². The third-order valence-electron chi connectivity index (χ3n) is 3.81. The molecule has 2 aromatic heterocycles. The maximum atomic E-state index is 12.1. The van der Waals surface area contributed by atoms with Gasteiger partial charge in [-0.25, -0.2) is 4.98 Å². The number of aryl methyl sites for hydroxylation is 4. The largest absolute Gasteiger partial charge is 0.456 e. The van der Waals surface area contributed by atoms with Gasteiger partial charge in [-0.1, -0.05) is 6.07 Å². The maximum Gasteiger partial charge on any atom is 0.293 e. The topological polar surface area (TPSA) is 55.1 Å². The summed E-state index contributed by atoms with van der Waals surface area (Å²) < 4.78 is 5.32. The Morgan fingerprint density at radius 1 is 1.09 bits per heavy atom. The van der Waals surface area contributed by atoms with Crippen LogP contribution in [0.1, 0.15) is 33.0 Å². The molecule has 0 bridgehead atoms. The summed E-state index contributed by atoms with van der Waals surface area (Å²) in [6.45, 7) is 8.07. The van der Waals surface area contributed by atoms with Gasteiger partial charge in [-0.3, -0.25) is 10.1 Å². The molecule has 3 aromatic rings. The standard InChI is InChI=1S/C18H18N2O2S/c1-10-7-12(3)14(8-11(10)2)15-9-23-18(19-15)20-17(21)16-6-5-13(4)22-16/h5-9H,1-4H3,(H,19,20,21). The lowest BCUT2D eigenvalue weighted by molar-refractivity contribution is 0.0995. The third-order valence-corrected chi connectivity index (χ3v) is 4.56. The zero-order chi connectivity index (χ0) is 16.6. The first kappa shape index (κ1) is 15.5. The van der Waals surface area contributed by atoms with Gasteiger partial charge in [-0.2, -0.15) is 0 Å². The van der Waals surface area contributed by atoms with Gasteiger partial charge >= 0.3 is 0 Å². The minimum atomic E-state index is -0.282. The SMILES string of the molecule is Cc1ccc(C(=O)Nc2nc(-c3cc(C)c(C)cc3C)cs2)o1. The van der Waals surface area contributed by atoms with Crippen molar-refractivity contribution in [3.8, 4) is 11.3 Å². The minimum Gasteiger partial charge on any atom is -0.456 e. The van der Waals surface area contributed by atoms with E-state index in [4.69, 9.17) is 4.42 Å². The molecule has 0 fully saturated rings. The van der Waals surface area contributed by atoms with E-state index in [9.17, 15) is 4.79 Å². The number of furan rings is 1. The van der Waals surface area contributed by atoms with Crippen LogP contribution in [-0.4, -0.2) is 10.9 Å². The number of hydrogen-bond donors (Lipinski definition) is 1. The second-order valence-electron chi connectivity index (χ2n) is 5.65. The summed E-state index contributed by atoms with van der Waals surface area (Å²) in [5.41, 5.74) is 5.65. The Morgan fingerprint density at radius 2 is 1.83 bits per heavy atom. The predicted octanol–water partition coefficient (Wildman–Crippen LogP) is 4.89. The van der Waals surface area contributed by atoms with Crippen molar-refractivity contribution in [3.05, 3.63) is 57.9 Å². The molecule has 3 rings (SSSR count). The highest BCUT2D eigenvalue weighted by atomic mass is 32.1. The molecule has 23 heavy (non-hydrogen) atoms. The molecular weight excluding hydrogens is 308 g/mol. The Kier molecular flexibility index (Phi) is 4.05. The van der Waals surface area contributed by atoms with E-state index in [1.165, 1.54) is 28.0 Å². The molecule has 0 saturated carbocycles. The zero-order valence-corrected chi connectivity index (χ0v) is 14.4. The van der Waals surface area contributed by atoms with Crippen LogP contribution < -0.4 is 5.32 Å². The van der Waals surface area contributed by atoms with E-state index >= 15 is 0 Å². The summed E-state index contributed by atoms with van der Waals surface area (Å²) in [6.07, 6.45) is 0. The number of amides is 1. The number of anilines is 1. The molecule has 5 heteroatoms. The van der Waals surface area contributed by atoms with Crippen molar-refractivity contribution < 1.29 is 9.21 Å². The van der Waals surface area contributed by atoms with Crippen molar-refractivity contribution >= 4 is 22.4 Å². The van der Waals surface area contributed by atoms with Crippen molar-refractivity contribution in [2.24, 2.45) is 0 Å². The lowest BCUT2D eigenvalue weighted by Crippen LogP contribution is -2.10. The van der Waals surface area contributed by atoms with Crippen LogP contribution in [0.25, 0.3) is 11.3 Å². The smallest absolute Gasteiger partial charge is 0.293 e. The zero-order valence-electron chi connectivity index (χ0n) is 13.6. The molecule has 1 aromatic carbocycles. The number of carbonyl (C=O) groups excluding carboxylic acids is 1. The van der Waals surface area contributed by atoms with Gasteiger partial charge in [-0.05, 0) is 62.6 Å². The average Bonchev–Trinajstić information content (AvgIpc) is 3.12. The summed E-state index contributed by atoms with van der Waals surface area (Å²) in [6, 6.07) is 7.72. The van der Waals surface area contributed by atoms with E-state index in [0.717, 1.165) is 11.3 Å². The summed E-state index contributed by atoms with van der Waals surface area (Å²) in [4.78, 5) is 16.6. The van der Waals surface area contributed by atoms with Crippen LogP contribution in [-0.2, 0) is 0 Å². The van der Waals surface area contributed by atoms with Crippen LogP contribution in [0.4, 0.5) is 5.13 Å². The number of hydrogen-bond acceptors (Lipinski definition) is 4.